The number of carbonyl (C=O) groups is 2. The third-order valence-corrected chi connectivity index (χ3v) is 4.70. The molecule has 1 amide bonds. The summed E-state index contributed by atoms with van der Waals surface area (Å²) in [5.74, 6) is -2.01. The van der Waals surface area contributed by atoms with Gasteiger partial charge in [0.25, 0.3) is 0 Å². The highest BCUT2D eigenvalue weighted by atomic mass is 16.5. The summed E-state index contributed by atoms with van der Waals surface area (Å²) in [6.07, 6.45) is 4.70. The van der Waals surface area contributed by atoms with E-state index in [1.807, 2.05) is 42.5 Å². The second-order valence-corrected chi connectivity index (χ2v) is 6.17. The molecular weight excluding hydrogens is 294 g/mol. The van der Waals surface area contributed by atoms with E-state index in [4.69, 9.17) is 4.74 Å². The SMILES string of the molecule is O=C(NCCOCc1ccccc1)[C@@H]1[C@@H](C(=O)O)[C@H]2C=C[C@@H]1C2. The Kier molecular flexibility index (Phi) is 4.76. The summed E-state index contributed by atoms with van der Waals surface area (Å²) in [6.45, 7) is 1.32. The molecule has 0 unspecified atom stereocenters. The van der Waals surface area contributed by atoms with Gasteiger partial charge in [0.15, 0.2) is 0 Å². The topological polar surface area (TPSA) is 75.6 Å². The Morgan fingerprint density at radius 3 is 2.52 bits per heavy atom. The fraction of sp³-hybridized carbons (Fsp3) is 0.444. The molecular formula is C18H21NO4. The molecule has 2 bridgehead atoms. The zero-order valence-electron chi connectivity index (χ0n) is 12.9. The Hall–Kier alpha value is -2.14. The van der Waals surface area contributed by atoms with Crippen molar-refractivity contribution in [2.24, 2.45) is 23.7 Å². The van der Waals surface area contributed by atoms with Gasteiger partial charge in [-0.05, 0) is 23.8 Å². The van der Waals surface area contributed by atoms with E-state index in [0.717, 1.165) is 12.0 Å². The molecule has 0 radical (unpaired) electrons. The number of amides is 1. The van der Waals surface area contributed by atoms with Crippen LogP contribution in [0.15, 0.2) is 42.5 Å². The second-order valence-electron chi connectivity index (χ2n) is 6.17. The van der Waals surface area contributed by atoms with Gasteiger partial charge in [0.1, 0.15) is 0 Å². The van der Waals surface area contributed by atoms with Crippen LogP contribution in [0.1, 0.15) is 12.0 Å². The van der Waals surface area contributed by atoms with Crippen LogP contribution in [0, 0.1) is 23.7 Å². The zero-order valence-corrected chi connectivity index (χ0v) is 12.9. The lowest BCUT2D eigenvalue weighted by Crippen LogP contribution is -2.41. The van der Waals surface area contributed by atoms with Gasteiger partial charge in [0, 0.05) is 6.54 Å². The summed E-state index contributed by atoms with van der Waals surface area (Å²) in [5, 5.41) is 12.2. The third kappa shape index (κ3) is 3.45. The molecule has 2 N–H and O–H groups in total. The molecule has 4 atom stereocenters. The lowest BCUT2D eigenvalue weighted by molar-refractivity contribution is -0.147. The van der Waals surface area contributed by atoms with E-state index in [-0.39, 0.29) is 17.7 Å². The predicted octanol–water partition coefficient (Wildman–Crippen LogP) is 1.84. The number of carbonyl (C=O) groups excluding carboxylic acids is 1. The Bertz CT molecular complexity index is 598. The third-order valence-electron chi connectivity index (χ3n) is 4.70. The number of carboxylic acid groups (broad SMARTS) is 1. The van der Waals surface area contributed by atoms with Crippen LogP contribution in [0.25, 0.3) is 0 Å². The first kappa shape index (κ1) is 15.7. The smallest absolute Gasteiger partial charge is 0.307 e. The van der Waals surface area contributed by atoms with E-state index in [1.54, 1.807) is 0 Å². The van der Waals surface area contributed by atoms with Crippen molar-refractivity contribution in [3.05, 3.63) is 48.0 Å². The van der Waals surface area contributed by atoms with Crippen LogP contribution < -0.4 is 5.32 Å². The first-order valence-corrected chi connectivity index (χ1v) is 7.97. The fourth-order valence-electron chi connectivity index (χ4n) is 3.64. The minimum atomic E-state index is -0.873. The minimum absolute atomic E-state index is 0.00239. The van der Waals surface area contributed by atoms with Crippen molar-refractivity contribution in [2.75, 3.05) is 13.2 Å². The Morgan fingerprint density at radius 1 is 1.13 bits per heavy atom. The molecule has 5 nitrogen and oxygen atoms in total. The molecule has 0 heterocycles. The number of hydrogen-bond acceptors (Lipinski definition) is 3. The first-order valence-electron chi connectivity index (χ1n) is 7.97. The van der Waals surface area contributed by atoms with Crippen molar-refractivity contribution in [1.29, 1.82) is 0 Å². The predicted molar refractivity (Wildman–Crippen MR) is 84.5 cm³/mol. The van der Waals surface area contributed by atoms with Crippen LogP contribution in [0.2, 0.25) is 0 Å². The van der Waals surface area contributed by atoms with Gasteiger partial charge < -0.3 is 15.2 Å². The molecule has 1 aromatic carbocycles. The van der Waals surface area contributed by atoms with Gasteiger partial charge in [-0.3, -0.25) is 9.59 Å². The van der Waals surface area contributed by atoms with Crippen LogP contribution in [-0.2, 0) is 20.9 Å². The van der Waals surface area contributed by atoms with Gasteiger partial charge in [0.2, 0.25) is 5.91 Å². The van der Waals surface area contributed by atoms with Crippen LogP contribution in [-0.4, -0.2) is 30.1 Å². The Labute approximate surface area is 135 Å². The summed E-state index contributed by atoms with van der Waals surface area (Å²) in [6, 6.07) is 9.83. The van der Waals surface area contributed by atoms with E-state index >= 15 is 0 Å². The van der Waals surface area contributed by atoms with Crippen LogP contribution >= 0.6 is 0 Å². The van der Waals surface area contributed by atoms with E-state index in [2.05, 4.69) is 5.32 Å². The van der Waals surface area contributed by atoms with Crippen molar-refractivity contribution in [3.63, 3.8) is 0 Å². The molecule has 0 saturated heterocycles. The Morgan fingerprint density at radius 2 is 1.83 bits per heavy atom. The highest BCUT2D eigenvalue weighted by Crippen LogP contribution is 2.48. The van der Waals surface area contributed by atoms with Gasteiger partial charge in [-0.1, -0.05) is 42.5 Å². The van der Waals surface area contributed by atoms with Crippen molar-refractivity contribution in [2.45, 2.75) is 13.0 Å². The van der Waals surface area contributed by atoms with Crippen molar-refractivity contribution in [1.82, 2.24) is 5.32 Å². The van der Waals surface area contributed by atoms with Crippen LogP contribution in [0.3, 0.4) is 0 Å². The summed E-state index contributed by atoms with van der Waals surface area (Å²) in [4.78, 5) is 23.7. The molecule has 2 aliphatic rings. The lowest BCUT2D eigenvalue weighted by atomic mass is 9.82. The van der Waals surface area contributed by atoms with Crippen LogP contribution in [0.4, 0.5) is 0 Å². The molecule has 1 saturated carbocycles. The highest BCUT2D eigenvalue weighted by molar-refractivity contribution is 5.86. The Balaban J connectivity index is 1.43. The number of benzene rings is 1. The van der Waals surface area contributed by atoms with Gasteiger partial charge in [-0.25, -0.2) is 0 Å². The highest BCUT2D eigenvalue weighted by Gasteiger charge is 2.51. The zero-order chi connectivity index (χ0) is 16.2. The van der Waals surface area contributed by atoms with E-state index in [9.17, 15) is 14.7 Å². The molecule has 5 heteroatoms. The van der Waals surface area contributed by atoms with Crippen molar-refractivity contribution in [3.8, 4) is 0 Å². The first-order chi connectivity index (χ1) is 11.2. The number of fused-ring (bicyclic) bond motifs is 2. The minimum Gasteiger partial charge on any atom is -0.481 e. The maximum atomic E-state index is 12.3. The average Bonchev–Trinajstić information content (AvgIpc) is 3.16. The van der Waals surface area contributed by atoms with Crippen LogP contribution in [0.5, 0.6) is 0 Å². The fourth-order valence-corrected chi connectivity index (χ4v) is 3.64. The van der Waals surface area contributed by atoms with Gasteiger partial charge in [-0.2, -0.15) is 0 Å². The van der Waals surface area contributed by atoms with Gasteiger partial charge >= 0.3 is 5.97 Å². The summed E-state index contributed by atoms with van der Waals surface area (Å²) in [5.41, 5.74) is 1.09. The monoisotopic (exact) mass is 315 g/mol. The number of nitrogens with one attached hydrogen (secondary N) is 1. The molecule has 0 aliphatic heterocycles. The van der Waals surface area contributed by atoms with Gasteiger partial charge in [-0.15, -0.1) is 0 Å². The van der Waals surface area contributed by atoms with E-state index < -0.39 is 17.8 Å². The molecule has 1 aromatic rings. The molecule has 0 spiro atoms. The standard InChI is InChI=1S/C18H21NO4/c20-17(15-13-6-7-14(10-13)16(15)18(21)22)19-8-9-23-11-12-4-2-1-3-5-12/h1-7,13-16H,8-11H2,(H,19,20)(H,21,22)/t13-,14+,15+,16+/m1/s1. The van der Waals surface area contributed by atoms with Gasteiger partial charge in [0.05, 0.1) is 25.0 Å². The molecule has 2 aliphatic carbocycles. The summed E-state index contributed by atoms with van der Waals surface area (Å²) >= 11 is 0. The maximum Gasteiger partial charge on any atom is 0.307 e. The molecule has 23 heavy (non-hydrogen) atoms. The quantitative estimate of drug-likeness (QED) is 0.595. The largest absolute Gasteiger partial charge is 0.481 e. The molecule has 0 aromatic heterocycles. The van der Waals surface area contributed by atoms with E-state index in [1.165, 1.54) is 0 Å². The number of rotatable bonds is 7. The number of ether oxygens (including phenoxy) is 1. The molecule has 3 rings (SSSR count). The second kappa shape index (κ2) is 6.96. The maximum absolute atomic E-state index is 12.3. The molecule has 122 valence electrons. The molecule has 1 fully saturated rings. The van der Waals surface area contributed by atoms with Crippen molar-refractivity contribution >= 4 is 11.9 Å². The summed E-state index contributed by atoms with van der Waals surface area (Å²) < 4.78 is 5.52. The lowest BCUT2D eigenvalue weighted by Gasteiger charge is -2.23. The average molecular weight is 315 g/mol. The number of carboxylic acids is 1. The normalized spacial score (nSPS) is 28.0. The number of hydrogen-bond donors (Lipinski definition) is 2. The number of aliphatic carboxylic acids is 1. The summed E-state index contributed by atoms with van der Waals surface area (Å²) in [7, 11) is 0. The van der Waals surface area contributed by atoms with Crippen molar-refractivity contribution < 1.29 is 19.4 Å². The van der Waals surface area contributed by atoms with E-state index in [0.29, 0.717) is 19.8 Å². The number of allylic oxidation sites excluding steroid dienone is 2.